The number of hydrogen-bond donors (Lipinski definition) is 2. The van der Waals surface area contributed by atoms with Gasteiger partial charge in [0.05, 0.1) is 10.0 Å². The van der Waals surface area contributed by atoms with Crippen molar-refractivity contribution in [1.82, 2.24) is 5.32 Å². The molecule has 0 saturated carbocycles. The first-order valence-electron chi connectivity index (χ1n) is 12.4. The van der Waals surface area contributed by atoms with Crippen molar-refractivity contribution in [1.29, 1.82) is 0 Å². The summed E-state index contributed by atoms with van der Waals surface area (Å²) >= 11 is 12.1. The lowest BCUT2D eigenvalue weighted by atomic mass is 10.2. The highest BCUT2D eigenvalue weighted by Crippen LogP contribution is 2.27. The van der Waals surface area contributed by atoms with Gasteiger partial charge >= 0.3 is 6.03 Å². The van der Waals surface area contributed by atoms with Crippen LogP contribution in [0.1, 0.15) is 12.0 Å². The number of carbonyl (C=O) groups excluding carboxylic acids is 2. The fourth-order valence-corrected chi connectivity index (χ4v) is 3.97. The average molecular weight is 560 g/mol. The summed E-state index contributed by atoms with van der Waals surface area (Å²) in [7, 11) is 0. The molecule has 0 radical (unpaired) electrons. The molecular weight excluding hydrogens is 533 g/mol. The summed E-state index contributed by atoms with van der Waals surface area (Å²) in [4.78, 5) is 27.1. The van der Waals surface area contributed by atoms with E-state index in [0.717, 1.165) is 11.3 Å². The lowest BCUT2D eigenvalue weighted by Crippen LogP contribution is -2.37. The molecule has 39 heavy (non-hydrogen) atoms. The summed E-state index contributed by atoms with van der Waals surface area (Å²) in [6.07, 6.45) is 3.78. The summed E-state index contributed by atoms with van der Waals surface area (Å²) < 4.78 is 5.87. The van der Waals surface area contributed by atoms with Gasteiger partial charge in [-0.3, -0.25) is 9.69 Å². The number of amides is 3. The summed E-state index contributed by atoms with van der Waals surface area (Å²) in [6.45, 7) is 0.748. The Morgan fingerprint density at radius 1 is 0.795 bits per heavy atom. The average Bonchev–Trinajstić information content (AvgIpc) is 2.95. The predicted octanol–water partition coefficient (Wildman–Crippen LogP) is 8.04. The highest BCUT2D eigenvalue weighted by molar-refractivity contribution is 6.42. The van der Waals surface area contributed by atoms with Crippen molar-refractivity contribution in [2.45, 2.75) is 6.42 Å². The SMILES string of the molecule is O=C(/C=C/c1ccccc1)NCCCN(C(=O)Nc1ccc(Cl)c(Cl)c1)c1ccc(Oc2ccccc2)cc1. The number of rotatable bonds is 10. The third-order valence-electron chi connectivity index (χ3n) is 5.63. The van der Waals surface area contributed by atoms with E-state index < -0.39 is 0 Å². The molecule has 8 heteroatoms. The molecular formula is C31H27Cl2N3O3. The van der Waals surface area contributed by atoms with E-state index in [1.165, 1.54) is 6.08 Å². The van der Waals surface area contributed by atoms with Gasteiger partial charge < -0.3 is 15.4 Å². The molecule has 0 unspecified atom stereocenters. The Kier molecular flexibility index (Phi) is 10.0. The van der Waals surface area contributed by atoms with E-state index >= 15 is 0 Å². The standard InChI is InChI=1S/C31H27Cl2N3O3/c32-28-18-13-24(22-29(28)33)35-31(38)36(21-7-20-34-30(37)19-12-23-8-3-1-4-9-23)25-14-16-27(17-15-25)39-26-10-5-2-6-11-26/h1-6,8-19,22H,7,20-21H2,(H,34,37)(H,35,38)/b19-12+. The zero-order valence-corrected chi connectivity index (χ0v) is 22.5. The van der Waals surface area contributed by atoms with E-state index in [9.17, 15) is 9.59 Å². The molecule has 3 amide bonds. The number of benzene rings is 4. The quantitative estimate of drug-likeness (QED) is 0.152. The Hall–Kier alpha value is -4.26. The molecule has 0 atom stereocenters. The van der Waals surface area contributed by atoms with E-state index in [1.54, 1.807) is 41.3 Å². The number of ether oxygens (including phenoxy) is 1. The van der Waals surface area contributed by atoms with Crippen molar-refractivity contribution >= 4 is 52.6 Å². The Labute approximate surface area is 237 Å². The van der Waals surface area contributed by atoms with Crippen LogP contribution in [0.25, 0.3) is 6.08 Å². The molecule has 4 aromatic carbocycles. The minimum atomic E-state index is -0.347. The number of nitrogens with one attached hydrogen (secondary N) is 2. The highest BCUT2D eigenvalue weighted by Gasteiger charge is 2.17. The molecule has 6 nitrogen and oxygen atoms in total. The van der Waals surface area contributed by atoms with Gasteiger partial charge in [-0.1, -0.05) is 71.7 Å². The molecule has 0 bridgehead atoms. The van der Waals surface area contributed by atoms with Crippen LogP contribution in [0.2, 0.25) is 10.0 Å². The molecule has 198 valence electrons. The monoisotopic (exact) mass is 559 g/mol. The Balaban J connectivity index is 1.40. The smallest absolute Gasteiger partial charge is 0.326 e. The van der Waals surface area contributed by atoms with Crippen molar-refractivity contribution in [2.24, 2.45) is 0 Å². The van der Waals surface area contributed by atoms with Crippen LogP contribution in [0, 0.1) is 0 Å². The van der Waals surface area contributed by atoms with Gasteiger partial charge in [-0.25, -0.2) is 4.79 Å². The minimum Gasteiger partial charge on any atom is -0.457 e. The molecule has 0 aliphatic carbocycles. The molecule has 0 aliphatic heterocycles. The topological polar surface area (TPSA) is 70.7 Å². The molecule has 2 N–H and O–H groups in total. The molecule has 0 aromatic heterocycles. The largest absolute Gasteiger partial charge is 0.457 e. The van der Waals surface area contributed by atoms with Gasteiger partial charge in [-0.05, 0) is 72.7 Å². The fourth-order valence-electron chi connectivity index (χ4n) is 3.68. The second-order valence-corrected chi connectivity index (χ2v) is 9.32. The summed E-state index contributed by atoms with van der Waals surface area (Å²) in [5.74, 6) is 1.16. The van der Waals surface area contributed by atoms with E-state index in [4.69, 9.17) is 27.9 Å². The molecule has 0 spiro atoms. The van der Waals surface area contributed by atoms with E-state index in [2.05, 4.69) is 10.6 Å². The molecule has 0 heterocycles. The van der Waals surface area contributed by atoms with Gasteiger partial charge in [-0.2, -0.15) is 0 Å². The number of halogens is 2. The van der Waals surface area contributed by atoms with Gasteiger partial charge in [0.15, 0.2) is 0 Å². The molecule has 0 aliphatic rings. The van der Waals surface area contributed by atoms with Gasteiger partial charge in [0.1, 0.15) is 11.5 Å². The van der Waals surface area contributed by atoms with Gasteiger partial charge in [0.2, 0.25) is 5.91 Å². The van der Waals surface area contributed by atoms with Crippen LogP contribution < -0.4 is 20.3 Å². The van der Waals surface area contributed by atoms with Crippen LogP contribution in [0.5, 0.6) is 11.5 Å². The summed E-state index contributed by atoms with van der Waals surface area (Å²) in [5, 5.41) is 6.47. The summed E-state index contributed by atoms with van der Waals surface area (Å²) in [5.41, 5.74) is 2.13. The highest BCUT2D eigenvalue weighted by atomic mass is 35.5. The third-order valence-corrected chi connectivity index (χ3v) is 6.37. The zero-order valence-electron chi connectivity index (χ0n) is 21.0. The molecule has 0 fully saturated rings. The van der Waals surface area contributed by atoms with Crippen LogP contribution >= 0.6 is 23.2 Å². The van der Waals surface area contributed by atoms with Crippen molar-refractivity contribution < 1.29 is 14.3 Å². The number of nitrogens with zero attached hydrogens (tertiary/aromatic N) is 1. The van der Waals surface area contributed by atoms with Crippen molar-refractivity contribution in [3.05, 3.63) is 125 Å². The maximum Gasteiger partial charge on any atom is 0.326 e. The summed E-state index contributed by atoms with van der Waals surface area (Å²) in [6, 6.07) is 30.8. The number of carbonyl (C=O) groups is 2. The molecule has 4 aromatic rings. The second kappa shape index (κ2) is 14.0. The zero-order chi connectivity index (χ0) is 27.5. The van der Waals surface area contributed by atoms with Crippen molar-refractivity contribution in [3.63, 3.8) is 0 Å². The first-order chi connectivity index (χ1) is 19.0. The van der Waals surface area contributed by atoms with Gasteiger partial charge in [-0.15, -0.1) is 0 Å². The van der Waals surface area contributed by atoms with E-state index in [1.807, 2.05) is 72.8 Å². The molecule has 0 saturated heterocycles. The van der Waals surface area contributed by atoms with Crippen molar-refractivity contribution in [2.75, 3.05) is 23.3 Å². The number of anilines is 2. The normalized spacial score (nSPS) is 10.7. The lowest BCUT2D eigenvalue weighted by molar-refractivity contribution is -0.116. The van der Waals surface area contributed by atoms with Crippen LogP contribution in [-0.4, -0.2) is 25.0 Å². The van der Waals surface area contributed by atoms with Crippen LogP contribution in [-0.2, 0) is 4.79 Å². The maximum atomic E-state index is 13.3. The third kappa shape index (κ3) is 8.64. The fraction of sp³-hybridized carbons (Fsp3) is 0.0968. The van der Waals surface area contributed by atoms with Gasteiger partial charge in [0, 0.05) is 30.5 Å². The minimum absolute atomic E-state index is 0.201. The number of urea groups is 1. The van der Waals surface area contributed by atoms with Crippen molar-refractivity contribution in [3.8, 4) is 11.5 Å². The van der Waals surface area contributed by atoms with E-state index in [-0.39, 0.29) is 11.9 Å². The Morgan fingerprint density at radius 3 is 2.15 bits per heavy atom. The lowest BCUT2D eigenvalue weighted by Gasteiger charge is -2.24. The molecule has 4 rings (SSSR count). The number of hydrogen-bond acceptors (Lipinski definition) is 3. The first-order valence-corrected chi connectivity index (χ1v) is 13.1. The predicted molar refractivity (Wildman–Crippen MR) is 159 cm³/mol. The second-order valence-electron chi connectivity index (χ2n) is 8.51. The number of para-hydroxylation sites is 1. The van der Waals surface area contributed by atoms with Crippen LogP contribution in [0.3, 0.4) is 0 Å². The van der Waals surface area contributed by atoms with Crippen LogP contribution in [0.15, 0.2) is 109 Å². The maximum absolute atomic E-state index is 13.3. The Morgan fingerprint density at radius 2 is 1.46 bits per heavy atom. The van der Waals surface area contributed by atoms with E-state index in [0.29, 0.717) is 46.7 Å². The van der Waals surface area contributed by atoms with Gasteiger partial charge in [0.25, 0.3) is 0 Å². The van der Waals surface area contributed by atoms with Crippen LogP contribution in [0.4, 0.5) is 16.2 Å². The Bertz CT molecular complexity index is 1410. The first kappa shape index (κ1) is 27.8.